The van der Waals surface area contributed by atoms with E-state index in [9.17, 15) is 5.11 Å². The fourth-order valence-electron chi connectivity index (χ4n) is 2.84. The fourth-order valence-corrected chi connectivity index (χ4v) is 3.23. The molecule has 0 bridgehead atoms. The normalized spacial score (nSPS) is 26.4. The van der Waals surface area contributed by atoms with Crippen LogP contribution in [0.2, 0.25) is 5.02 Å². The maximum Gasteiger partial charge on any atom is 0.167 e. The molecule has 1 aromatic rings. The van der Waals surface area contributed by atoms with Crippen molar-refractivity contribution in [3.05, 3.63) is 22.2 Å². The third-order valence-electron chi connectivity index (χ3n) is 3.77. The van der Waals surface area contributed by atoms with Crippen LogP contribution in [0.25, 0.3) is 0 Å². The summed E-state index contributed by atoms with van der Waals surface area (Å²) < 4.78 is 11.4. The summed E-state index contributed by atoms with van der Waals surface area (Å²) in [6.07, 6.45) is 2.07. The first-order valence-electron chi connectivity index (χ1n) is 6.48. The average Bonchev–Trinajstić information content (AvgIpc) is 2.58. The monoisotopic (exact) mass is 268 g/mol. The molecule has 0 fully saturated rings. The summed E-state index contributed by atoms with van der Waals surface area (Å²) >= 11 is 6.35. The molecule has 4 heteroatoms. The molecule has 98 valence electrons. The minimum Gasteiger partial charge on any atom is -0.489 e. The van der Waals surface area contributed by atoms with E-state index in [0.29, 0.717) is 35.7 Å². The van der Waals surface area contributed by atoms with Crippen molar-refractivity contribution in [2.75, 3.05) is 13.2 Å². The van der Waals surface area contributed by atoms with Crippen LogP contribution < -0.4 is 9.47 Å². The second kappa shape index (κ2) is 4.63. The molecule has 0 spiro atoms. The molecular formula is C14H17ClO3. The lowest BCUT2D eigenvalue weighted by atomic mass is 9.81. The van der Waals surface area contributed by atoms with Crippen molar-refractivity contribution < 1.29 is 14.6 Å². The van der Waals surface area contributed by atoms with E-state index < -0.39 is 6.10 Å². The van der Waals surface area contributed by atoms with Gasteiger partial charge in [0.1, 0.15) is 0 Å². The van der Waals surface area contributed by atoms with Gasteiger partial charge in [0.15, 0.2) is 11.5 Å². The summed E-state index contributed by atoms with van der Waals surface area (Å²) in [6.45, 7) is 3.40. The predicted octanol–water partition coefficient (Wildman–Crippen LogP) is 3.43. The molecule has 2 atom stereocenters. The van der Waals surface area contributed by atoms with Crippen LogP contribution in [-0.2, 0) is 0 Å². The molecule has 2 aliphatic rings. The SMILES string of the molecule is CC1CC[C@@H](O)c2c3c(cc(Cl)c21)OCCCO3. The van der Waals surface area contributed by atoms with Crippen molar-refractivity contribution in [2.45, 2.75) is 38.2 Å². The highest BCUT2D eigenvalue weighted by molar-refractivity contribution is 6.31. The Hall–Kier alpha value is -0.930. The third kappa shape index (κ3) is 1.86. The Kier molecular flexibility index (Phi) is 3.12. The summed E-state index contributed by atoms with van der Waals surface area (Å²) in [5, 5.41) is 10.9. The smallest absolute Gasteiger partial charge is 0.167 e. The first-order valence-corrected chi connectivity index (χ1v) is 6.86. The molecule has 1 aliphatic heterocycles. The summed E-state index contributed by atoms with van der Waals surface area (Å²) in [5.41, 5.74) is 1.87. The zero-order valence-corrected chi connectivity index (χ0v) is 11.2. The van der Waals surface area contributed by atoms with Gasteiger partial charge in [0.25, 0.3) is 0 Å². The van der Waals surface area contributed by atoms with Crippen molar-refractivity contribution in [3.63, 3.8) is 0 Å². The summed E-state index contributed by atoms with van der Waals surface area (Å²) in [4.78, 5) is 0. The second-order valence-corrected chi connectivity index (χ2v) is 5.46. The van der Waals surface area contributed by atoms with Crippen molar-refractivity contribution in [3.8, 4) is 11.5 Å². The Morgan fingerprint density at radius 3 is 2.83 bits per heavy atom. The van der Waals surface area contributed by atoms with E-state index in [2.05, 4.69) is 6.92 Å². The number of ether oxygens (including phenoxy) is 2. The lowest BCUT2D eigenvalue weighted by molar-refractivity contribution is 0.145. The topological polar surface area (TPSA) is 38.7 Å². The van der Waals surface area contributed by atoms with Gasteiger partial charge in [-0.1, -0.05) is 18.5 Å². The maximum absolute atomic E-state index is 10.3. The van der Waals surface area contributed by atoms with Crippen LogP contribution in [0, 0.1) is 0 Å². The van der Waals surface area contributed by atoms with Crippen LogP contribution >= 0.6 is 11.6 Å². The first-order chi connectivity index (χ1) is 8.68. The molecule has 1 aliphatic carbocycles. The van der Waals surface area contributed by atoms with Gasteiger partial charge in [-0.05, 0) is 24.3 Å². The molecule has 1 N–H and O–H groups in total. The van der Waals surface area contributed by atoms with E-state index >= 15 is 0 Å². The van der Waals surface area contributed by atoms with Gasteiger partial charge in [0.05, 0.1) is 19.3 Å². The number of halogens is 1. The Morgan fingerprint density at radius 1 is 1.22 bits per heavy atom. The maximum atomic E-state index is 10.3. The van der Waals surface area contributed by atoms with Gasteiger partial charge in [-0.3, -0.25) is 0 Å². The Bertz CT molecular complexity index is 473. The van der Waals surface area contributed by atoms with Gasteiger partial charge in [0, 0.05) is 23.1 Å². The minimum atomic E-state index is -0.495. The van der Waals surface area contributed by atoms with E-state index in [1.165, 1.54) is 0 Å². The van der Waals surface area contributed by atoms with Gasteiger partial charge in [-0.25, -0.2) is 0 Å². The molecule has 0 radical (unpaired) electrons. The van der Waals surface area contributed by atoms with Gasteiger partial charge in [-0.15, -0.1) is 0 Å². The molecular weight excluding hydrogens is 252 g/mol. The van der Waals surface area contributed by atoms with Crippen LogP contribution in [0.1, 0.15) is 49.3 Å². The number of hydrogen-bond acceptors (Lipinski definition) is 3. The molecule has 0 saturated carbocycles. The molecule has 0 aromatic heterocycles. The molecule has 3 nitrogen and oxygen atoms in total. The van der Waals surface area contributed by atoms with Crippen molar-refractivity contribution in [2.24, 2.45) is 0 Å². The quantitative estimate of drug-likeness (QED) is 0.783. The highest BCUT2D eigenvalue weighted by Crippen LogP contribution is 2.50. The van der Waals surface area contributed by atoms with E-state index in [1.807, 2.05) is 6.07 Å². The Morgan fingerprint density at radius 2 is 2.00 bits per heavy atom. The predicted molar refractivity (Wildman–Crippen MR) is 69.7 cm³/mol. The van der Waals surface area contributed by atoms with E-state index in [0.717, 1.165) is 30.4 Å². The lowest BCUT2D eigenvalue weighted by Gasteiger charge is -2.30. The van der Waals surface area contributed by atoms with Crippen molar-refractivity contribution >= 4 is 11.6 Å². The average molecular weight is 269 g/mol. The van der Waals surface area contributed by atoms with Crippen LogP contribution in [-0.4, -0.2) is 18.3 Å². The van der Waals surface area contributed by atoms with Gasteiger partial charge >= 0.3 is 0 Å². The van der Waals surface area contributed by atoms with Crippen LogP contribution in [0.15, 0.2) is 6.07 Å². The van der Waals surface area contributed by atoms with Crippen LogP contribution in [0.4, 0.5) is 0 Å². The minimum absolute atomic E-state index is 0.355. The van der Waals surface area contributed by atoms with Crippen molar-refractivity contribution in [1.82, 2.24) is 0 Å². The highest BCUT2D eigenvalue weighted by Gasteiger charge is 2.32. The Balaban J connectivity index is 2.21. The summed E-state index contributed by atoms with van der Waals surface area (Å²) in [6, 6.07) is 1.83. The number of fused-ring (bicyclic) bond motifs is 3. The number of aliphatic hydroxyl groups excluding tert-OH is 1. The highest BCUT2D eigenvalue weighted by atomic mass is 35.5. The molecule has 1 unspecified atom stereocenters. The number of hydrogen-bond donors (Lipinski definition) is 1. The standard InChI is InChI=1S/C14H17ClO3/c1-8-3-4-10(16)13-12(8)9(15)7-11-14(13)18-6-2-5-17-11/h7-8,10,16H,2-6H2,1H3/t8?,10-/m1/s1. The molecule has 0 amide bonds. The molecule has 3 rings (SSSR count). The van der Waals surface area contributed by atoms with Crippen LogP contribution in [0.3, 0.4) is 0 Å². The van der Waals surface area contributed by atoms with E-state index in [4.69, 9.17) is 21.1 Å². The second-order valence-electron chi connectivity index (χ2n) is 5.06. The number of aliphatic hydroxyl groups is 1. The fraction of sp³-hybridized carbons (Fsp3) is 0.571. The molecule has 0 saturated heterocycles. The largest absolute Gasteiger partial charge is 0.489 e. The molecule has 18 heavy (non-hydrogen) atoms. The first kappa shape index (κ1) is 12.1. The van der Waals surface area contributed by atoms with E-state index in [-0.39, 0.29) is 0 Å². The van der Waals surface area contributed by atoms with Crippen LogP contribution in [0.5, 0.6) is 11.5 Å². The lowest BCUT2D eigenvalue weighted by Crippen LogP contribution is -2.15. The number of benzene rings is 1. The van der Waals surface area contributed by atoms with Gasteiger partial charge in [0.2, 0.25) is 0 Å². The Labute approximate surface area is 112 Å². The molecule has 1 aromatic carbocycles. The van der Waals surface area contributed by atoms with Crippen molar-refractivity contribution in [1.29, 1.82) is 0 Å². The molecule has 1 heterocycles. The van der Waals surface area contributed by atoms with Gasteiger partial charge < -0.3 is 14.6 Å². The summed E-state index contributed by atoms with van der Waals surface area (Å²) in [5.74, 6) is 1.73. The zero-order chi connectivity index (χ0) is 12.7. The van der Waals surface area contributed by atoms with Gasteiger partial charge in [-0.2, -0.15) is 0 Å². The summed E-state index contributed by atoms with van der Waals surface area (Å²) in [7, 11) is 0. The number of rotatable bonds is 0. The third-order valence-corrected chi connectivity index (χ3v) is 4.08. The zero-order valence-electron chi connectivity index (χ0n) is 10.4. The van der Waals surface area contributed by atoms with E-state index in [1.54, 1.807) is 0 Å².